The zero-order chi connectivity index (χ0) is 20.1. The van der Waals surface area contributed by atoms with E-state index in [-0.39, 0.29) is 11.9 Å². The highest BCUT2D eigenvalue weighted by Gasteiger charge is 2.36. The van der Waals surface area contributed by atoms with E-state index in [1.807, 2.05) is 6.07 Å². The minimum atomic E-state index is -0.162. The number of amides is 1. The maximum absolute atomic E-state index is 13.2. The molecule has 1 fully saturated rings. The van der Waals surface area contributed by atoms with Crippen molar-refractivity contribution in [1.29, 1.82) is 0 Å². The number of benzene rings is 1. The van der Waals surface area contributed by atoms with Crippen molar-refractivity contribution in [3.8, 4) is 0 Å². The molecule has 1 aromatic carbocycles. The Morgan fingerprint density at radius 2 is 2.07 bits per heavy atom. The van der Waals surface area contributed by atoms with Crippen LogP contribution in [-0.4, -0.2) is 46.5 Å². The van der Waals surface area contributed by atoms with Crippen LogP contribution in [-0.2, 0) is 6.42 Å². The molecule has 2 atom stereocenters. The van der Waals surface area contributed by atoms with E-state index < -0.39 is 0 Å². The van der Waals surface area contributed by atoms with Gasteiger partial charge in [0.15, 0.2) is 11.6 Å². The smallest absolute Gasteiger partial charge is 0.295 e. The van der Waals surface area contributed by atoms with Crippen LogP contribution < -0.4 is 4.90 Å². The number of anilines is 1. The lowest BCUT2D eigenvalue weighted by Crippen LogP contribution is -2.53. The van der Waals surface area contributed by atoms with Gasteiger partial charge in [-0.1, -0.05) is 37.3 Å². The van der Waals surface area contributed by atoms with Gasteiger partial charge in [0.05, 0.1) is 12.5 Å². The largest absolute Gasteiger partial charge is 0.459 e. The molecule has 2 aromatic heterocycles. The zero-order valence-electron chi connectivity index (χ0n) is 16.6. The summed E-state index contributed by atoms with van der Waals surface area (Å²) in [6.45, 7) is 5.13. The third-order valence-electron chi connectivity index (χ3n) is 5.58. The molecule has 6 nitrogen and oxygen atoms in total. The third-order valence-corrected chi connectivity index (χ3v) is 5.58. The van der Waals surface area contributed by atoms with Gasteiger partial charge in [0.25, 0.3) is 5.91 Å². The van der Waals surface area contributed by atoms with E-state index in [9.17, 15) is 4.79 Å². The molecule has 4 rings (SSSR count). The minimum Gasteiger partial charge on any atom is -0.459 e. The lowest BCUT2D eigenvalue weighted by atomic mass is 9.91. The summed E-state index contributed by atoms with van der Waals surface area (Å²) in [4.78, 5) is 26.0. The summed E-state index contributed by atoms with van der Waals surface area (Å²) < 4.78 is 5.38. The predicted octanol–water partition coefficient (Wildman–Crippen LogP) is 3.67. The number of carbonyl (C=O) groups excluding carboxylic acids is 1. The Morgan fingerprint density at radius 3 is 2.76 bits per heavy atom. The molecule has 0 N–H and O–H groups in total. The molecule has 3 heterocycles. The van der Waals surface area contributed by atoms with E-state index in [0.717, 1.165) is 32.5 Å². The van der Waals surface area contributed by atoms with Gasteiger partial charge in [0, 0.05) is 38.1 Å². The molecule has 29 heavy (non-hydrogen) atoms. The zero-order valence-corrected chi connectivity index (χ0v) is 16.6. The number of piperidine rings is 1. The molecule has 3 aromatic rings. The SMILES string of the molecule is C[C@H]1CN(CCc2ccccc2)CC[C@H]1N(C(=O)c1ccco1)c1cnccn1. The van der Waals surface area contributed by atoms with Crippen molar-refractivity contribution in [2.75, 3.05) is 24.5 Å². The van der Waals surface area contributed by atoms with Crippen molar-refractivity contribution >= 4 is 11.7 Å². The summed E-state index contributed by atoms with van der Waals surface area (Å²) in [5, 5.41) is 0. The normalized spacial score (nSPS) is 19.8. The van der Waals surface area contributed by atoms with Crippen LogP contribution in [0.3, 0.4) is 0 Å². The Morgan fingerprint density at radius 1 is 1.21 bits per heavy atom. The van der Waals surface area contributed by atoms with Crippen LogP contribution in [0.4, 0.5) is 5.82 Å². The third kappa shape index (κ3) is 4.54. The summed E-state index contributed by atoms with van der Waals surface area (Å²) in [5.41, 5.74) is 1.36. The van der Waals surface area contributed by atoms with Crippen molar-refractivity contribution in [2.24, 2.45) is 5.92 Å². The second kappa shape index (κ2) is 9.01. The molecule has 1 aliphatic rings. The summed E-state index contributed by atoms with van der Waals surface area (Å²) in [5.74, 6) is 1.04. The Balaban J connectivity index is 1.47. The molecule has 1 amide bonds. The van der Waals surface area contributed by atoms with E-state index in [0.29, 0.717) is 17.5 Å². The van der Waals surface area contributed by atoms with Gasteiger partial charge >= 0.3 is 0 Å². The number of carbonyl (C=O) groups is 1. The summed E-state index contributed by atoms with van der Waals surface area (Å²) >= 11 is 0. The molecule has 0 spiro atoms. The van der Waals surface area contributed by atoms with Gasteiger partial charge in [-0.2, -0.15) is 0 Å². The molecule has 0 radical (unpaired) electrons. The first-order valence-corrected chi connectivity index (χ1v) is 10.1. The first kappa shape index (κ1) is 19.3. The number of furan rings is 1. The Bertz CT molecular complexity index is 899. The first-order valence-electron chi connectivity index (χ1n) is 10.1. The average molecular weight is 390 g/mol. The second-order valence-corrected chi connectivity index (χ2v) is 7.59. The fourth-order valence-electron chi connectivity index (χ4n) is 4.10. The first-order chi connectivity index (χ1) is 14.2. The van der Waals surface area contributed by atoms with E-state index in [2.05, 4.69) is 46.1 Å². The average Bonchev–Trinajstić information content (AvgIpc) is 3.30. The fourth-order valence-corrected chi connectivity index (χ4v) is 4.10. The summed E-state index contributed by atoms with van der Waals surface area (Å²) in [6.07, 6.45) is 8.34. The topological polar surface area (TPSA) is 62.5 Å². The lowest BCUT2D eigenvalue weighted by molar-refractivity contribution is 0.0905. The van der Waals surface area contributed by atoms with Crippen LogP contribution in [0.15, 0.2) is 71.7 Å². The minimum absolute atomic E-state index is 0.0530. The quantitative estimate of drug-likeness (QED) is 0.643. The van der Waals surface area contributed by atoms with Crippen LogP contribution in [0.25, 0.3) is 0 Å². The predicted molar refractivity (Wildman–Crippen MR) is 112 cm³/mol. The molecule has 0 unspecified atom stereocenters. The van der Waals surface area contributed by atoms with Crippen LogP contribution in [0, 0.1) is 5.92 Å². The van der Waals surface area contributed by atoms with E-state index in [1.54, 1.807) is 35.6 Å². The summed E-state index contributed by atoms with van der Waals surface area (Å²) in [6, 6.07) is 14.1. The number of likely N-dealkylation sites (tertiary alicyclic amines) is 1. The molecule has 0 saturated carbocycles. The highest BCUT2D eigenvalue weighted by Crippen LogP contribution is 2.27. The maximum Gasteiger partial charge on any atom is 0.295 e. The van der Waals surface area contributed by atoms with E-state index in [1.165, 1.54) is 11.8 Å². The van der Waals surface area contributed by atoms with Crippen molar-refractivity contribution in [3.63, 3.8) is 0 Å². The molecule has 1 saturated heterocycles. The Hall–Kier alpha value is -2.99. The van der Waals surface area contributed by atoms with Gasteiger partial charge in [-0.25, -0.2) is 4.98 Å². The van der Waals surface area contributed by atoms with Gasteiger partial charge in [0.1, 0.15) is 0 Å². The van der Waals surface area contributed by atoms with Crippen LogP contribution in [0.1, 0.15) is 29.5 Å². The van der Waals surface area contributed by atoms with Crippen LogP contribution in [0.2, 0.25) is 0 Å². The molecular formula is C23H26N4O2. The highest BCUT2D eigenvalue weighted by atomic mass is 16.3. The van der Waals surface area contributed by atoms with Crippen molar-refractivity contribution < 1.29 is 9.21 Å². The molecule has 0 aliphatic carbocycles. The second-order valence-electron chi connectivity index (χ2n) is 7.59. The molecule has 150 valence electrons. The maximum atomic E-state index is 13.2. The van der Waals surface area contributed by atoms with Crippen LogP contribution in [0.5, 0.6) is 0 Å². The number of aromatic nitrogens is 2. The number of hydrogen-bond donors (Lipinski definition) is 0. The highest BCUT2D eigenvalue weighted by molar-refractivity contribution is 6.04. The standard InChI is InChI=1S/C23H26N4O2/c1-18-17-26(13-9-19-6-3-2-4-7-19)14-10-20(18)27(22-16-24-11-12-25-22)23(28)21-8-5-15-29-21/h2-8,11-12,15-16,18,20H,9-10,13-14,17H2,1H3/t18-,20+/m0/s1. The van der Waals surface area contributed by atoms with E-state index in [4.69, 9.17) is 4.42 Å². The van der Waals surface area contributed by atoms with Crippen molar-refractivity contribution in [1.82, 2.24) is 14.9 Å². The van der Waals surface area contributed by atoms with Gasteiger partial charge in [-0.05, 0) is 36.5 Å². The lowest BCUT2D eigenvalue weighted by Gasteiger charge is -2.41. The number of nitrogens with zero attached hydrogens (tertiary/aromatic N) is 4. The van der Waals surface area contributed by atoms with Gasteiger partial charge in [-0.15, -0.1) is 0 Å². The number of hydrogen-bond acceptors (Lipinski definition) is 5. The Labute approximate surface area is 171 Å². The van der Waals surface area contributed by atoms with Gasteiger partial charge < -0.3 is 9.32 Å². The molecule has 1 aliphatic heterocycles. The number of rotatable bonds is 6. The molecule has 0 bridgehead atoms. The monoisotopic (exact) mass is 390 g/mol. The van der Waals surface area contributed by atoms with E-state index >= 15 is 0 Å². The molecule has 6 heteroatoms. The fraction of sp³-hybridized carbons (Fsp3) is 0.348. The van der Waals surface area contributed by atoms with Gasteiger partial charge in [0.2, 0.25) is 0 Å². The summed E-state index contributed by atoms with van der Waals surface area (Å²) in [7, 11) is 0. The molecular weight excluding hydrogens is 364 g/mol. The van der Waals surface area contributed by atoms with Gasteiger partial charge in [-0.3, -0.25) is 14.7 Å². The Kier molecular flexibility index (Phi) is 6.00. The van der Waals surface area contributed by atoms with Crippen molar-refractivity contribution in [2.45, 2.75) is 25.8 Å². The van der Waals surface area contributed by atoms with Crippen LogP contribution >= 0.6 is 0 Å². The van der Waals surface area contributed by atoms with Crippen molar-refractivity contribution in [3.05, 3.63) is 78.6 Å².